The van der Waals surface area contributed by atoms with Gasteiger partial charge in [0.25, 0.3) is 0 Å². The van der Waals surface area contributed by atoms with Crippen LogP contribution in [0.15, 0.2) is 18.3 Å². The van der Waals surface area contributed by atoms with Crippen LogP contribution in [0.5, 0.6) is 0 Å². The van der Waals surface area contributed by atoms with E-state index in [2.05, 4.69) is 35.9 Å². The molecule has 94 valence electrons. The van der Waals surface area contributed by atoms with E-state index in [4.69, 9.17) is 4.74 Å². The van der Waals surface area contributed by atoms with Crippen LogP contribution >= 0.6 is 0 Å². The molecule has 1 aromatic heterocycles. The molecule has 1 aliphatic rings. The molecule has 2 rings (SSSR count). The minimum Gasteiger partial charge on any atom is -0.380 e. The molecule has 0 aromatic carbocycles. The molecule has 3 heteroatoms. The first-order valence-electron chi connectivity index (χ1n) is 6.44. The van der Waals surface area contributed by atoms with E-state index in [1.54, 1.807) is 7.11 Å². The molecule has 2 heterocycles. The molecule has 3 nitrogen and oxygen atoms in total. The second-order valence-electron chi connectivity index (χ2n) is 5.04. The van der Waals surface area contributed by atoms with Crippen molar-refractivity contribution in [1.82, 2.24) is 4.98 Å². The first-order chi connectivity index (χ1) is 8.20. The van der Waals surface area contributed by atoms with Gasteiger partial charge in [-0.1, -0.05) is 13.8 Å². The summed E-state index contributed by atoms with van der Waals surface area (Å²) >= 11 is 0. The highest BCUT2D eigenvalue weighted by atomic mass is 16.5. The molecule has 1 atom stereocenters. The molecule has 0 spiro atoms. The number of ether oxygens (including phenoxy) is 1. The Bertz CT molecular complexity index is 348. The van der Waals surface area contributed by atoms with E-state index >= 15 is 0 Å². The molecule has 1 fully saturated rings. The summed E-state index contributed by atoms with van der Waals surface area (Å²) < 4.78 is 5.44. The van der Waals surface area contributed by atoms with Crippen molar-refractivity contribution >= 4 is 5.69 Å². The topological polar surface area (TPSA) is 25.4 Å². The van der Waals surface area contributed by atoms with Gasteiger partial charge in [0.1, 0.15) is 0 Å². The van der Waals surface area contributed by atoms with Crippen LogP contribution < -0.4 is 4.90 Å². The molecule has 0 radical (unpaired) electrons. The second-order valence-corrected chi connectivity index (χ2v) is 5.04. The Kier molecular flexibility index (Phi) is 4.00. The van der Waals surface area contributed by atoms with Crippen LogP contribution in [-0.4, -0.2) is 31.3 Å². The normalized spacial score (nSPS) is 20.9. The predicted molar refractivity (Wildman–Crippen MR) is 70.6 cm³/mol. The fourth-order valence-electron chi connectivity index (χ4n) is 2.29. The lowest BCUT2D eigenvalue weighted by Gasteiger charge is -2.33. The molecular weight excluding hydrogens is 212 g/mol. The van der Waals surface area contributed by atoms with Crippen LogP contribution in [0, 0.1) is 0 Å². The molecule has 1 aromatic rings. The zero-order valence-electron chi connectivity index (χ0n) is 11.0. The van der Waals surface area contributed by atoms with Gasteiger partial charge in [-0.3, -0.25) is 4.98 Å². The van der Waals surface area contributed by atoms with Crippen molar-refractivity contribution in [3.63, 3.8) is 0 Å². The van der Waals surface area contributed by atoms with Crippen molar-refractivity contribution < 1.29 is 4.74 Å². The smallest absolute Gasteiger partial charge is 0.0746 e. The van der Waals surface area contributed by atoms with Crippen LogP contribution in [0.1, 0.15) is 38.3 Å². The largest absolute Gasteiger partial charge is 0.380 e. The number of nitrogens with zero attached hydrogens (tertiary/aromatic N) is 2. The zero-order valence-corrected chi connectivity index (χ0v) is 11.0. The molecule has 0 N–H and O–H groups in total. The third-order valence-corrected chi connectivity index (χ3v) is 3.44. The van der Waals surface area contributed by atoms with Crippen molar-refractivity contribution in [2.45, 2.75) is 38.7 Å². The summed E-state index contributed by atoms with van der Waals surface area (Å²) in [6, 6.07) is 4.32. The lowest BCUT2D eigenvalue weighted by molar-refractivity contribution is 0.0893. The fourth-order valence-corrected chi connectivity index (χ4v) is 2.29. The maximum Gasteiger partial charge on any atom is 0.0746 e. The third-order valence-electron chi connectivity index (χ3n) is 3.44. The number of hydrogen-bond donors (Lipinski definition) is 0. The summed E-state index contributed by atoms with van der Waals surface area (Å²) in [5.74, 6) is 0.497. The lowest BCUT2D eigenvalue weighted by atomic mass is 10.1. The Balaban J connectivity index is 2.06. The SMILES string of the molecule is COC1CCCN(c2ccc(C(C)C)nc2)C1. The van der Waals surface area contributed by atoms with Crippen molar-refractivity contribution in [3.8, 4) is 0 Å². The minimum atomic E-state index is 0.369. The molecule has 17 heavy (non-hydrogen) atoms. The van der Waals surface area contributed by atoms with Gasteiger partial charge in [-0.25, -0.2) is 0 Å². The number of piperidine rings is 1. The van der Waals surface area contributed by atoms with Crippen molar-refractivity contribution in [3.05, 3.63) is 24.0 Å². The van der Waals surface area contributed by atoms with Crippen LogP contribution in [0.25, 0.3) is 0 Å². The number of pyridine rings is 1. The van der Waals surface area contributed by atoms with Crippen molar-refractivity contribution in [2.24, 2.45) is 0 Å². The fraction of sp³-hybridized carbons (Fsp3) is 0.643. The van der Waals surface area contributed by atoms with Crippen LogP contribution in [-0.2, 0) is 4.74 Å². The average Bonchev–Trinajstić information content (AvgIpc) is 2.39. The maximum atomic E-state index is 5.44. The number of aromatic nitrogens is 1. The Morgan fingerprint density at radius 2 is 2.24 bits per heavy atom. The summed E-state index contributed by atoms with van der Waals surface area (Å²) in [6.45, 7) is 6.44. The standard InChI is InChI=1S/C14H22N2O/c1-11(2)14-7-6-12(9-15-14)16-8-4-5-13(10-16)17-3/h6-7,9,11,13H,4-5,8,10H2,1-3H3. The summed E-state index contributed by atoms with van der Waals surface area (Å²) in [6.07, 6.45) is 4.73. The molecule has 0 amide bonds. The van der Waals surface area contributed by atoms with E-state index in [-0.39, 0.29) is 0 Å². The number of hydrogen-bond acceptors (Lipinski definition) is 3. The highest BCUT2D eigenvalue weighted by molar-refractivity contribution is 5.45. The van der Waals surface area contributed by atoms with E-state index in [9.17, 15) is 0 Å². The number of methoxy groups -OCH3 is 1. The third kappa shape index (κ3) is 2.97. The number of rotatable bonds is 3. The Morgan fingerprint density at radius 1 is 1.41 bits per heavy atom. The summed E-state index contributed by atoms with van der Waals surface area (Å²) in [5, 5.41) is 0. The van der Waals surface area contributed by atoms with E-state index < -0.39 is 0 Å². The summed E-state index contributed by atoms with van der Waals surface area (Å²) in [4.78, 5) is 6.89. The van der Waals surface area contributed by atoms with Gasteiger partial charge in [-0.05, 0) is 30.9 Å². The van der Waals surface area contributed by atoms with E-state index in [1.165, 1.54) is 18.5 Å². The van der Waals surface area contributed by atoms with E-state index in [0.717, 1.165) is 18.8 Å². The summed E-state index contributed by atoms with van der Waals surface area (Å²) in [5.41, 5.74) is 2.38. The monoisotopic (exact) mass is 234 g/mol. The Hall–Kier alpha value is -1.09. The highest BCUT2D eigenvalue weighted by Gasteiger charge is 2.19. The molecule has 1 saturated heterocycles. The molecule has 1 unspecified atom stereocenters. The molecule has 1 aliphatic heterocycles. The van der Waals surface area contributed by atoms with E-state index in [1.807, 2.05) is 6.20 Å². The van der Waals surface area contributed by atoms with Crippen LogP contribution in [0.2, 0.25) is 0 Å². The molecule has 0 saturated carbocycles. The zero-order chi connectivity index (χ0) is 12.3. The van der Waals surface area contributed by atoms with E-state index in [0.29, 0.717) is 12.0 Å². The van der Waals surface area contributed by atoms with Gasteiger partial charge >= 0.3 is 0 Å². The van der Waals surface area contributed by atoms with Crippen molar-refractivity contribution in [1.29, 1.82) is 0 Å². The van der Waals surface area contributed by atoms with Gasteiger partial charge in [-0.15, -0.1) is 0 Å². The first kappa shape index (κ1) is 12.4. The Labute approximate surface area is 104 Å². The Morgan fingerprint density at radius 3 is 2.82 bits per heavy atom. The quantitative estimate of drug-likeness (QED) is 0.804. The second kappa shape index (κ2) is 5.50. The molecular formula is C14H22N2O. The maximum absolute atomic E-state index is 5.44. The van der Waals surface area contributed by atoms with Gasteiger partial charge in [0.05, 0.1) is 18.0 Å². The van der Waals surface area contributed by atoms with Gasteiger partial charge in [0, 0.05) is 25.9 Å². The van der Waals surface area contributed by atoms with Gasteiger partial charge in [-0.2, -0.15) is 0 Å². The summed E-state index contributed by atoms with van der Waals surface area (Å²) in [7, 11) is 1.80. The van der Waals surface area contributed by atoms with Crippen LogP contribution in [0.4, 0.5) is 5.69 Å². The first-order valence-corrected chi connectivity index (χ1v) is 6.44. The molecule has 0 aliphatic carbocycles. The molecule has 0 bridgehead atoms. The van der Waals surface area contributed by atoms with Gasteiger partial charge < -0.3 is 9.64 Å². The van der Waals surface area contributed by atoms with Gasteiger partial charge in [0.15, 0.2) is 0 Å². The minimum absolute atomic E-state index is 0.369. The highest BCUT2D eigenvalue weighted by Crippen LogP contribution is 2.22. The predicted octanol–water partition coefficient (Wildman–Crippen LogP) is 2.82. The van der Waals surface area contributed by atoms with Crippen LogP contribution in [0.3, 0.4) is 0 Å². The lowest BCUT2D eigenvalue weighted by Crippen LogP contribution is -2.39. The van der Waals surface area contributed by atoms with Gasteiger partial charge in [0.2, 0.25) is 0 Å². The number of anilines is 1. The van der Waals surface area contributed by atoms with Crippen molar-refractivity contribution in [2.75, 3.05) is 25.1 Å². The average molecular weight is 234 g/mol.